The molecule has 0 saturated heterocycles. The number of aromatic nitrogens is 1. The first-order chi connectivity index (χ1) is 9.88. The normalized spacial score (nSPS) is 10.2. The van der Waals surface area contributed by atoms with Gasteiger partial charge in [0.05, 0.1) is 5.56 Å². The van der Waals surface area contributed by atoms with E-state index in [4.69, 9.17) is 5.11 Å². The molecule has 0 saturated carbocycles. The largest absolute Gasteiger partial charge is 0.477 e. The molecule has 5 nitrogen and oxygen atoms in total. The summed E-state index contributed by atoms with van der Waals surface area (Å²) in [5.74, 6) is -6.55. The quantitative estimate of drug-likeness (QED) is 0.853. The van der Waals surface area contributed by atoms with Gasteiger partial charge in [0.15, 0.2) is 17.5 Å². The van der Waals surface area contributed by atoms with Crippen LogP contribution in [0.5, 0.6) is 0 Å². The Balaban J connectivity index is 2.20. The van der Waals surface area contributed by atoms with Gasteiger partial charge in [-0.3, -0.25) is 4.79 Å². The highest BCUT2D eigenvalue weighted by Gasteiger charge is 2.14. The Morgan fingerprint density at radius 2 is 1.71 bits per heavy atom. The maximum absolute atomic E-state index is 13.0. The minimum absolute atomic E-state index is 0.0230. The number of pyridine rings is 1. The first kappa shape index (κ1) is 14.5. The Kier molecular flexibility index (Phi) is 3.88. The second kappa shape index (κ2) is 5.61. The lowest BCUT2D eigenvalue weighted by Crippen LogP contribution is -2.13. The fraction of sp³-hybridized carbons (Fsp3) is 0. The van der Waals surface area contributed by atoms with Gasteiger partial charge in [-0.1, -0.05) is 0 Å². The van der Waals surface area contributed by atoms with Gasteiger partial charge in [0.25, 0.3) is 5.91 Å². The number of anilines is 1. The SMILES string of the molecule is O=C(Nc1cc(F)c(F)c(F)c1)c1ccc(C(=O)O)nc1. The summed E-state index contributed by atoms with van der Waals surface area (Å²) in [7, 11) is 0. The number of carbonyl (C=O) groups excluding carboxylic acids is 1. The zero-order chi connectivity index (χ0) is 15.6. The minimum Gasteiger partial charge on any atom is -0.477 e. The average Bonchev–Trinajstić information content (AvgIpc) is 2.44. The van der Waals surface area contributed by atoms with Crippen molar-refractivity contribution in [2.45, 2.75) is 0 Å². The molecule has 0 fully saturated rings. The standard InChI is InChI=1S/C13H7F3N2O3/c14-8-3-7(4-9(15)11(8)16)18-12(19)6-1-2-10(13(20)21)17-5-6/h1-5H,(H,18,19)(H,20,21). The van der Waals surface area contributed by atoms with Crippen LogP contribution in [0, 0.1) is 17.5 Å². The molecule has 2 N–H and O–H groups in total. The molecule has 0 unspecified atom stereocenters. The lowest BCUT2D eigenvalue weighted by molar-refractivity contribution is 0.0690. The Labute approximate surface area is 116 Å². The Hall–Kier alpha value is -2.90. The third-order valence-corrected chi connectivity index (χ3v) is 2.49. The van der Waals surface area contributed by atoms with E-state index in [1.54, 1.807) is 0 Å². The van der Waals surface area contributed by atoms with Gasteiger partial charge in [0.2, 0.25) is 0 Å². The van der Waals surface area contributed by atoms with Gasteiger partial charge >= 0.3 is 5.97 Å². The van der Waals surface area contributed by atoms with E-state index in [1.165, 1.54) is 6.07 Å². The van der Waals surface area contributed by atoms with Crippen LogP contribution in [-0.4, -0.2) is 22.0 Å². The van der Waals surface area contributed by atoms with E-state index in [0.29, 0.717) is 12.1 Å². The van der Waals surface area contributed by atoms with Crippen molar-refractivity contribution in [3.05, 3.63) is 59.2 Å². The topological polar surface area (TPSA) is 79.3 Å². The van der Waals surface area contributed by atoms with E-state index in [-0.39, 0.29) is 16.9 Å². The van der Waals surface area contributed by atoms with Crippen molar-refractivity contribution in [3.63, 3.8) is 0 Å². The molecule has 0 bridgehead atoms. The van der Waals surface area contributed by atoms with Gasteiger partial charge in [0, 0.05) is 24.0 Å². The summed E-state index contributed by atoms with van der Waals surface area (Å²) in [5.41, 5.74) is -0.561. The molecule has 1 heterocycles. The molecule has 1 aromatic carbocycles. The number of carbonyl (C=O) groups is 2. The van der Waals surface area contributed by atoms with E-state index in [1.807, 2.05) is 0 Å². The molecule has 2 aromatic rings. The number of amides is 1. The summed E-state index contributed by atoms with van der Waals surface area (Å²) in [6.45, 7) is 0. The van der Waals surface area contributed by atoms with Gasteiger partial charge in [-0.25, -0.2) is 22.9 Å². The Bertz CT molecular complexity index is 694. The fourth-order valence-corrected chi connectivity index (χ4v) is 1.49. The van der Waals surface area contributed by atoms with Gasteiger partial charge in [-0.2, -0.15) is 0 Å². The van der Waals surface area contributed by atoms with Crippen LogP contribution in [0.25, 0.3) is 0 Å². The molecule has 8 heteroatoms. The number of hydrogen-bond donors (Lipinski definition) is 2. The third-order valence-electron chi connectivity index (χ3n) is 2.49. The van der Waals surface area contributed by atoms with Crippen LogP contribution in [0.2, 0.25) is 0 Å². The van der Waals surface area contributed by atoms with Crippen molar-refractivity contribution in [3.8, 4) is 0 Å². The number of halogens is 3. The second-order valence-corrected chi connectivity index (χ2v) is 3.95. The minimum atomic E-state index is -1.64. The predicted octanol–water partition coefficient (Wildman–Crippen LogP) is 2.45. The van der Waals surface area contributed by atoms with E-state index in [9.17, 15) is 22.8 Å². The van der Waals surface area contributed by atoms with Crippen molar-refractivity contribution >= 4 is 17.6 Å². The van der Waals surface area contributed by atoms with E-state index < -0.39 is 29.3 Å². The summed E-state index contributed by atoms with van der Waals surface area (Å²) >= 11 is 0. The van der Waals surface area contributed by atoms with Crippen LogP contribution in [0.1, 0.15) is 20.8 Å². The van der Waals surface area contributed by atoms with Gasteiger partial charge in [-0.15, -0.1) is 0 Å². The zero-order valence-corrected chi connectivity index (χ0v) is 10.2. The first-order valence-corrected chi connectivity index (χ1v) is 5.53. The van der Waals surface area contributed by atoms with Crippen LogP contribution in [0.3, 0.4) is 0 Å². The lowest BCUT2D eigenvalue weighted by Gasteiger charge is -2.06. The number of nitrogens with zero attached hydrogens (tertiary/aromatic N) is 1. The van der Waals surface area contributed by atoms with Gasteiger partial charge < -0.3 is 10.4 Å². The number of hydrogen-bond acceptors (Lipinski definition) is 3. The van der Waals surface area contributed by atoms with Gasteiger partial charge in [-0.05, 0) is 12.1 Å². The molecular weight excluding hydrogens is 289 g/mol. The van der Waals surface area contributed by atoms with E-state index >= 15 is 0 Å². The van der Waals surface area contributed by atoms with Crippen molar-refractivity contribution in [1.82, 2.24) is 4.98 Å². The molecule has 0 aliphatic rings. The number of benzene rings is 1. The van der Waals surface area contributed by atoms with Crippen molar-refractivity contribution in [2.24, 2.45) is 0 Å². The van der Waals surface area contributed by atoms with Crippen molar-refractivity contribution < 1.29 is 27.9 Å². The lowest BCUT2D eigenvalue weighted by atomic mass is 10.2. The number of carboxylic acids is 1. The van der Waals surface area contributed by atoms with Crippen LogP contribution in [0.15, 0.2) is 30.5 Å². The number of nitrogens with one attached hydrogen (secondary N) is 1. The average molecular weight is 296 g/mol. The molecule has 0 radical (unpaired) electrons. The number of aromatic carboxylic acids is 1. The highest BCUT2D eigenvalue weighted by molar-refractivity contribution is 6.04. The highest BCUT2D eigenvalue weighted by atomic mass is 19.2. The van der Waals surface area contributed by atoms with Crippen molar-refractivity contribution in [2.75, 3.05) is 5.32 Å². The molecule has 0 aliphatic carbocycles. The number of rotatable bonds is 3. The smallest absolute Gasteiger partial charge is 0.354 e. The summed E-state index contributed by atoms with van der Waals surface area (Å²) in [5, 5.41) is 10.8. The molecule has 2 rings (SSSR count). The molecule has 21 heavy (non-hydrogen) atoms. The van der Waals surface area contributed by atoms with Crippen LogP contribution in [-0.2, 0) is 0 Å². The summed E-state index contributed by atoms with van der Waals surface area (Å²) in [6, 6.07) is 3.52. The fourth-order valence-electron chi connectivity index (χ4n) is 1.49. The summed E-state index contributed by atoms with van der Waals surface area (Å²) in [6.07, 6.45) is 0.995. The summed E-state index contributed by atoms with van der Waals surface area (Å²) in [4.78, 5) is 25.9. The first-order valence-electron chi connectivity index (χ1n) is 5.53. The maximum Gasteiger partial charge on any atom is 0.354 e. The molecule has 108 valence electrons. The molecule has 0 atom stereocenters. The number of carboxylic acid groups (broad SMARTS) is 1. The summed E-state index contributed by atoms with van der Waals surface area (Å²) < 4.78 is 38.7. The second-order valence-electron chi connectivity index (χ2n) is 3.95. The molecule has 1 aromatic heterocycles. The van der Waals surface area contributed by atoms with E-state index in [0.717, 1.165) is 12.3 Å². The molecule has 1 amide bonds. The molecule has 0 aliphatic heterocycles. The van der Waals surface area contributed by atoms with Gasteiger partial charge in [0.1, 0.15) is 5.69 Å². The van der Waals surface area contributed by atoms with Crippen molar-refractivity contribution in [1.29, 1.82) is 0 Å². The third kappa shape index (κ3) is 3.16. The predicted molar refractivity (Wildman–Crippen MR) is 65.5 cm³/mol. The zero-order valence-electron chi connectivity index (χ0n) is 10.2. The maximum atomic E-state index is 13.0. The molecule has 0 spiro atoms. The highest BCUT2D eigenvalue weighted by Crippen LogP contribution is 2.18. The van der Waals surface area contributed by atoms with Crippen LogP contribution < -0.4 is 5.32 Å². The monoisotopic (exact) mass is 296 g/mol. The van der Waals surface area contributed by atoms with Crippen LogP contribution in [0.4, 0.5) is 18.9 Å². The molecular formula is C13H7F3N2O3. The van der Waals surface area contributed by atoms with E-state index in [2.05, 4.69) is 10.3 Å². The Morgan fingerprint density at radius 3 is 2.19 bits per heavy atom. The van der Waals surface area contributed by atoms with Crippen LogP contribution >= 0.6 is 0 Å². The Morgan fingerprint density at radius 1 is 1.10 bits per heavy atom.